The summed E-state index contributed by atoms with van der Waals surface area (Å²) in [7, 11) is -3.28. The molecule has 10 heteroatoms. The van der Waals surface area contributed by atoms with E-state index in [-0.39, 0.29) is 25.4 Å². The lowest BCUT2D eigenvalue weighted by atomic mass is 10.2. The Bertz CT molecular complexity index is 530. The molecule has 0 atom stereocenters. The molecule has 0 aromatic carbocycles. The molecular weight excluding hydrogens is 311 g/mol. The third kappa shape index (κ3) is 6.55. The first-order valence-electron chi connectivity index (χ1n) is 6.95. The molecule has 0 aliphatic carbocycles. The van der Waals surface area contributed by atoms with Crippen LogP contribution >= 0.6 is 7.60 Å². The van der Waals surface area contributed by atoms with Crippen LogP contribution in [0.2, 0.25) is 0 Å². The van der Waals surface area contributed by atoms with Crippen molar-refractivity contribution < 1.29 is 23.1 Å². The van der Waals surface area contributed by atoms with Crippen LogP contribution in [0.5, 0.6) is 0 Å². The molecule has 9 nitrogen and oxygen atoms in total. The summed E-state index contributed by atoms with van der Waals surface area (Å²) in [4.78, 5) is 15.5. The molecule has 0 spiro atoms. The number of ether oxygens (including phenoxy) is 1. The zero-order valence-electron chi connectivity index (χ0n) is 13.5. The van der Waals surface area contributed by atoms with Crippen LogP contribution in [0.4, 0.5) is 10.7 Å². The highest BCUT2D eigenvalue weighted by molar-refractivity contribution is 7.52. The van der Waals surface area contributed by atoms with Gasteiger partial charge in [-0.1, -0.05) is 0 Å². The Morgan fingerprint density at radius 2 is 1.91 bits per heavy atom. The van der Waals surface area contributed by atoms with Crippen molar-refractivity contribution in [3.8, 4) is 0 Å². The summed E-state index contributed by atoms with van der Waals surface area (Å²) >= 11 is 0. The molecule has 0 saturated heterocycles. The number of hydrogen-bond donors (Lipinski definition) is 1. The lowest BCUT2D eigenvalue weighted by molar-refractivity contribution is 0.0634. The van der Waals surface area contributed by atoms with E-state index in [4.69, 9.17) is 13.8 Å². The molecule has 126 valence electrons. The molecule has 0 saturated carbocycles. The van der Waals surface area contributed by atoms with Gasteiger partial charge in [-0.05, 0) is 34.6 Å². The predicted molar refractivity (Wildman–Crippen MR) is 80.7 cm³/mol. The zero-order valence-corrected chi connectivity index (χ0v) is 14.4. The summed E-state index contributed by atoms with van der Waals surface area (Å²) in [5.74, 6) is 0.0498. The minimum absolute atomic E-state index is 0.0498. The fraction of sp³-hybridized carbons (Fsp3) is 0.750. The Balaban J connectivity index is 2.67. The van der Waals surface area contributed by atoms with Crippen LogP contribution in [0.1, 0.15) is 34.6 Å². The van der Waals surface area contributed by atoms with Gasteiger partial charge in [0.2, 0.25) is 0 Å². The van der Waals surface area contributed by atoms with Crippen molar-refractivity contribution in [3.63, 3.8) is 0 Å². The molecule has 1 aromatic heterocycles. The number of nitrogens with zero attached hydrogens (tertiary/aromatic N) is 3. The summed E-state index contributed by atoms with van der Waals surface area (Å²) in [5, 5.41) is 6.38. The zero-order chi connectivity index (χ0) is 16.8. The van der Waals surface area contributed by atoms with Crippen LogP contribution in [-0.4, -0.2) is 39.7 Å². The van der Waals surface area contributed by atoms with Gasteiger partial charge in [-0.25, -0.2) is 14.5 Å². The monoisotopic (exact) mass is 334 g/mol. The van der Waals surface area contributed by atoms with Gasteiger partial charge in [-0.3, -0.25) is 9.88 Å². The van der Waals surface area contributed by atoms with Gasteiger partial charge in [0.1, 0.15) is 18.2 Å². The molecule has 0 aliphatic rings. The fourth-order valence-corrected chi connectivity index (χ4v) is 3.02. The van der Waals surface area contributed by atoms with Crippen molar-refractivity contribution in [2.75, 3.05) is 18.5 Å². The first-order chi connectivity index (χ1) is 10.2. The molecule has 1 rings (SSSR count). The molecule has 22 heavy (non-hydrogen) atoms. The lowest BCUT2D eigenvalue weighted by Gasteiger charge is -2.18. The molecule has 1 N–H and O–H groups in total. The highest BCUT2D eigenvalue weighted by Gasteiger charge is 2.25. The van der Waals surface area contributed by atoms with Crippen molar-refractivity contribution in [1.29, 1.82) is 0 Å². The third-order valence-electron chi connectivity index (χ3n) is 2.12. The molecule has 1 aromatic rings. The molecule has 0 aliphatic heterocycles. The van der Waals surface area contributed by atoms with Gasteiger partial charge in [0, 0.05) is 0 Å². The second-order valence-electron chi connectivity index (χ2n) is 5.32. The van der Waals surface area contributed by atoms with E-state index in [1.807, 2.05) is 0 Å². The maximum atomic E-state index is 12.4. The number of amides is 1. The Hall–Kier alpha value is -1.44. The smallest absolute Gasteiger partial charge is 0.414 e. The van der Waals surface area contributed by atoms with Gasteiger partial charge in [0.15, 0.2) is 0 Å². The Morgan fingerprint density at radius 3 is 2.41 bits per heavy atom. The largest absolute Gasteiger partial charge is 0.444 e. The second-order valence-corrected chi connectivity index (χ2v) is 7.34. The van der Waals surface area contributed by atoms with Crippen LogP contribution in [-0.2, 0) is 24.6 Å². The SMILES string of the molecule is CCOP(=O)(Cn1cnc(NC(=O)OC(C)(C)C)n1)OCC. The summed E-state index contributed by atoms with van der Waals surface area (Å²) in [5.41, 5.74) is -0.619. The fourth-order valence-electron chi connectivity index (χ4n) is 1.50. The van der Waals surface area contributed by atoms with E-state index in [9.17, 15) is 9.36 Å². The number of anilines is 1. The van der Waals surface area contributed by atoms with E-state index in [1.54, 1.807) is 34.6 Å². The van der Waals surface area contributed by atoms with Crippen molar-refractivity contribution in [2.45, 2.75) is 46.5 Å². The number of hydrogen-bond acceptors (Lipinski definition) is 7. The number of nitrogens with one attached hydrogen (secondary N) is 1. The second kappa shape index (κ2) is 7.71. The Kier molecular flexibility index (Phi) is 6.52. The quantitative estimate of drug-likeness (QED) is 0.764. The first-order valence-corrected chi connectivity index (χ1v) is 8.68. The van der Waals surface area contributed by atoms with Gasteiger partial charge in [0.25, 0.3) is 5.95 Å². The normalized spacial score (nSPS) is 12.2. The van der Waals surface area contributed by atoms with Crippen molar-refractivity contribution >= 4 is 19.6 Å². The van der Waals surface area contributed by atoms with Gasteiger partial charge in [-0.15, -0.1) is 5.10 Å². The van der Waals surface area contributed by atoms with Crippen molar-refractivity contribution in [2.24, 2.45) is 0 Å². The van der Waals surface area contributed by atoms with Gasteiger partial charge in [-0.2, -0.15) is 0 Å². The van der Waals surface area contributed by atoms with E-state index in [2.05, 4.69) is 15.4 Å². The summed E-state index contributed by atoms with van der Waals surface area (Å²) in [6, 6.07) is 0. The number of rotatable bonds is 7. The Labute approximate surface area is 129 Å². The lowest BCUT2D eigenvalue weighted by Crippen LogP contribution is -2.27. The molecule has 0 radical (unpaired) electrons. The summed E-state index contributed by atoms with van der Waals surface area (Å²) in [6.45, 7) is 9.21. The van der Waals surface area contributed by atoms with Gasteiger partial charge in [0.05, 0.1) is 13.2 Å². The maximum Gasteiger partial charge on any atom is 0.414 e. The number of aromatic nitrogens is 3. The van der Waals surface area contributed by atoms with E-state index in [0.29, 0.717) is 0 Å². The van der Waals surface area contributed by atoms with E-state index in [1.165, 1.54) is 11.0 Å². The van der Waals surface area contributed by atoms with Crippen LogP contribution in [0.25, 0.3) is 0 Å². The first kappa shape index (κ1) is 18.6. The van der Waals surface area contributed by atoms with E-state index in [0.717, 1.165) is 0 Å². The third-order valence-corrected chi connectivity index (χ3v) is 4.06. The maximum absolute atomic E-state index is 12.4. The Morgan fingerprint density at radius 1 is 1.32 bits per heavy atom. The minimum Gasteiger partial charge on any atom is -0.444 e. The van der Waals surface area contributed by atoms with Crippen molar-refractivity contribution in [1.82, 2.24) is 14.8 Å². The standard InChI is InChI=1S/C12H23N4O5P/c1-6-19-22(18,20-7-2)9-16-8-13-10(15-16)14-11(17)21-12(3,4)5/h8H,6-7,9H2,1-5H3,(H,14,15,17). The van der Waals surface area contributed by atoms with Crippen molar-refractivity contribution in [3.05, 3.63) is 6.33 Å². The number of carbonyl (C=O) groups is 1. The van der Waals surface area contributed by atoms with E-state index < -0.39 is 19.3 Å². The predicted octanol–water partition coefficient (Wildman–Crippen LogP) is 2.85. The molecule has 0 fully saturated rings. The van der Waals surface area contributed by atoms with Gasteiger partial charge < -0.3 is 13.8 Å². The minimum atomic E-state index is -3.28. The average Bonchev–Trinajstić information content (AvgIpc) is 2.73. The molecular formula is C12H23N4O5P. The van der Waals surface area contributed by atoms with Crippen LogP contribution in [0, 0.1) is 0 Å². The van der Waals surface area contributed by atoms with Crippen LogP contribution < -0.4 is 5.32 Å². The highest BCUT2D eigenvalue weighted by atomic mass is 31.2. The summed E-state index contributed by atoms with van der Waals surface area (Å²) < 4.78 is 29.1. The number of carbonyl (C=O) groups excluding carboxylic acids is 1. The van der Waals surface area contributed by atoms with Gasteiger partial charge >= 0.3 is 13.7 Å². The average molecular weight is 334 g/mol. The van der Waals surface area contributed by atoms with Crippen LogP contribution in [0.3, 0.4) is 0 Å². The highest BCUT2D eigenvalue weighted by Crippen LogP contribution is 2.49. The summed E-state index contributed by atoms with van der Waals surface area (Å²) in [6.07, 6.45) is 0.581. The molecule has 1 amide bonds. The van der Waals surface area contributed by atoms with E-state index >= 15 is 0 Å². The molecule has 0 bridgehead atoms. The molecule has 1 heterocycles. The van der Waals surface area contributed by atoms with Crippen LogP contribution in [0.15, 0.2) is 6.33 Å². The topological polar surface area (TPSA) is 105 Å². The molecule has 0 unspecified atom stereocenters.